The first kappa shape index (κ1) is 18.3. The SMILES string of the molecule is CC(C)(O)c1nc(-c2cnc3[nH]ccc3c2N[C@@H]2[C@@H]3CC4C[C@H]2CC(O)(C4)C3)no1. The molecule has 3 aromatic heterocycles. The summed E-state index contributed by atoms with van der Waals surface area (Å²) in [5.74, 6) is 2.17. The highest BCUT2D eigenvalue weighted by atomic mass is 16.5. The maximum Gasteiger partial charge on any atom is 0.258 e. The molecule has 30 heavy (non-hydrogen) atoms. The van der Waals surface area contributed by atoms with E-state index < -0.39 is 11.2 Å². The van der Waals surface area contributed by atoms with E-state index in [-0.39, 0.29) is 5.89 Å². The molecule has 3 aromatic rings. The van der Waals surface area contributed by atoms with Gasteiger partial charge in [0, 0.05) is 23.8 Å². The molecule has 0 aromatic carbocycles. The average molecular weight is 409 g/mol. The molecule has 0 amide bonds. The molecular weight excluding hydrogens is 382 g/mol. The van der Waals surface area contributed by atoms with Gasteiger partial charge >= 0.3 is 0 Å². The number of hydrogen-bond donors (Lipinski definition) is 4. The molecule has 5 atom stereocenters. The molecule has 4 fully saturated rings. The molecule has 7 rings (SSSR count). The van der Waals surface area contributed by atoms with Crippen molar-refractivity contribution in [1.29, 1.82) is 0 Å². The van der Waals surface area contributed by atoms with E-state index in [9.17, 15) is 10.2 Å². The summed E-state index contributed by atoms with van der Waals surface area (Å²) >= 11 is 0. The van der Waals surface area contributed by atoms with Crippen LogP contribution in [0, 0.1) is 17.8 Å². The summed E-state index contributed by atoms with van der Waals surface area (Å²) < 4.78 is 5.32. The van der Waals surface area contributed by atoms with Gasteiger partial charge < -0.3 is 25.0 Å². The Balaban J connectivity index is 1.41. The van der Waals surface area contributed by atoms with E-state index in [4.69, 9.17) is 4.52 Å². The fraction of sp³-hybridized carbons (Fsp3) is 0.591. The highest BCUT2D eigenvalue weighted by Crippen LogP contribution is 2.56. The second-order valence-electron chi connectivity index (χ2n) is 10.1. The third-order valence-corrected chi connectivity index (χ3v) is 7.33. The summed E-state index contributed by atoms with van der Waals surface area (Å²) in [5, 5.41) is 30.1. The Kier molecular flexibility index (Phi) is 3.69. The van der Waals surface area contributed by atoms with Gasteiger partial charge in [0.05, 0.1) is 16.9 Å². The van der Waals surface area contributed by atoms with Crippen molar-refractivity contribution in [2.45, 2.75) is 63.2 Å². The second kappa shape index (κ2) is 6.04. The van der Waals surface area contributed by atoms with E-state index >= 15 is 0 Å². The zero-order valence-corrected chi connectivity index (χ0v) is 17.2. The Bertz CT molecular complexity index is 1100. The summed E-state index contributed by atoms with van der Waals surface area (Å²) in [6.07, 6.45) is 8.71. The topological polar surface area (TPSA) is 120 Å². The fourth-order valence-electron chi connectivity index (χ4n) is 6.30. The van der Waals surface area contributed by atoms with E-state index in [0.717, 1.165) is 41.5 Å². The molecule has 158 valence electrons. The first-order chi connectivity index (χ1) is 14.3. The molecule has 4 saturated carbocycles. The number of nitrogens with zero attached hydrogens (tertiary/aromatic N) is 3. The lowest BCUT2D eigenvalue weighted by Crippen LogP contribution is -2.59. The van der Waals surface area contributed by atoms with Gasteiger partial charge in [0.2, 0.25) is 5.82 Å². The summed E-state index contributed by atoms with van der Waals surface area (Å²) in [6, 6.07) is 2.32. The molecule has 3 heterocycles. The molecule has 8 nitrogen and oxygen atoms in total. The molecule has 0 aliphatic heterocycles. The van der Waals surface area contributed by atoms with Gasteiger partial charge in [-0.2, -0.15) is 4.98 Å². The van der Waals surface area contributed by atoms with Gasteiger partial charge in [0.1, 0.15) is 11.2 Å². The predicted molar refractivity (Wildman–Crippen MR) is 111 cm³/mol. The van der Waals surface area contributed by atoms with Gasteiger partial charge in [-0.25, -0.2) is 4.98 Å². The van der Waals surface area contributed by atoms with Gasteiger partial charge in [0.15, 0.2) is 0 Å². The smallest absolute Gasteiger partial charge is 0.258 e. The molecule has 8 heteroatoms. The van der Waals surface area contributed by atoms with Crippen molar-refractivity contribution in [3.63, 3.8) is 0 Å². The zero-order valence-electron chi connectivity index (χ0n) is 17.2. The minimum absolute atomic E-state index is 0.175. The monoisotopic (exact) mass is 409 g/mol. The summed E-state index contributed by atoms with van der Waals surface area (Å²) in [6.45, 7) is 3.24. The van der Waals surface area contributed by atoms with E-state index in [0.29, 0.717) is 29.6 Å². The van der Waals surface area contributed by atoms with Gasteiger partial charge in [-0.3, -0.25) is 0 Å². The predicted octanol–water partition coefficient (Wildman–Crippen LogP) is 3.19. The number of hydrogen-bond acceptors (Lipinski definition) is 7. The molecule has 4 aliphatic rings. The zero-order chi connectivity index (χ0) is 20.7. The van der Waals surface area contributed by atoms with Crippen molar-refractivity contribution >= 4 is 16.7 Å². The number of aliphatic hydroxyl groups is 2. The molecule has 4 aliphatic carbocycles. The van der Waals surface area contributed by atoms with Crippen LogP contribution in [0.1, 0.15) is 51.8 Å². The molecular formula is C22H27N5O3. The Morgan fingerprint density at radius 2 is 2.00 bits per heavy atom. The van der Waals surface area contributed by atoms with Crippen LogP contribution in [0.5, 0.6) is 0 Å². The normalized spacial score (nSPS) is 32.8. The lowest BCUT2D eigenvalue weighted by atomic mass is 9.52. The van der Waals surface area contributed by atoms with Crippen LogP contribution < -0.4 is 5.32 Å². The van der Waals surface area contributed by atoms with Crippen LogP contribution in [0.2, 0.25) is 0 Å². The summed E-state index contributed by atoms with van der Waals surface area (Å²) in [7, 11) is 0. The van der Waals surface area contributed by atoms with Crippen LogP contribution in [-0.4, -0.2) is 42.0 Å². The average Bonchev–Trinajstić information content (AvgIpc) is 3.32. The van der Waals surface area contributed by atoms with Crippen molar-refractivity contribution in [3.05, 3.63) is 24.4 Å². The van der Waals surface area contributed by atoms with Crippen molar-refractivity contribution < 1.29 is 14.7 Å². The van der Waals surface area contributed by atoms with Gasteiger partial charge in [-0.05, 0) is 69.8 Å². The van der Waals surface area contributed by atoms with Gasteiger partial charge in [-0.15, -0.1) is 0 Å². The van der Waals surface area contributed by atoms with Crippen LogP contribution in [0.4, 0.5) is 5.69 Å². The lowest BCUT2D eigenvalue weighted by molar-refractivity contribution is -0.129. The molecule has 2 unspecified atom stereocenters. The van der Waals surface area contributed by atoms with Crippen molar-refractivity contribution in [3.8, 4) is 11.4 Å². The van der Waals surface area contributed by atoms with Gasteiger partial charge in [-0.1, -0.05) is 5.16 Å². The lowest BCUT2D eigenvalue weighted by Gasteiger charge is -2.58. The number of aromatic amines is 1. The maximum absolute atomic E-state index is 10.9. The number of pyridine rings is 1. The summed E-state index contributed by atoms with van der Waals surface area (Å²) in [4.78, 5) is 12.1. The van der Waals surface area contributed by atoms with Crippen molar-refractivity contribution in [1.82, 2.24) is 20.1 Å². The van der Waals surface area contributed by atoms with Crippen LogP contribution in [0.15, 0.2) is 23.0 Å². The number of fused-ring (bicyclic) bond motifs is 1. The van der Waals surface area contributed by atoms with Crippen LogP contribution in [-0.2, 0) is 5.60 Å². The van der Waals surface area contributed by atoms with Crippen molar-refractivity contribution in [2.24, 2.45) is 17.8 Å². The van der Waals surface area contributed by atoms with Crippen molar-refractivity contribution in [2.75, 3.05) is 5.32 Å². The molecule has 0 radical (unpaired) electrons. The number of aromatic nitrogens is 4. The Morgan fingerprint density at radius 3 is 2.67 bits per heavy atom. The number of nitrogens with one attached hydrogen (secondary N) is 2. The van der Waals surface area contributed by atoms with Gasteiger partial charge in [0.25, 0.3) is 5.89 Å². The largest absolute Gasteiger partial charge is 0.390 e. The standard InChI is InChI=1S/C22H27N5O3/c1-21(2,28)20-26-19(27-30-20)15-10-24-18-14(3-4-23-18)17(15)25-16-12-5-11-6-13(16)9-22(29,7-11)8-12/h3-4,10-13,16,28-29H,5-9H2,1-2H3,(H2,23,24,25)/t11?,12-,13+,16-,22?. The first-order valence-electron chi connectivity index (χ1n) is 10.8. The van der Waals surface area contributed by atoms with Crippen LogP contribution in [0.25, 0.3) is 22.4 Å². The third kappa shape index (κ3) is 2.77. The molecule has 4 bridgehead atoms. The first-order valence-corrected chi connectivity index (χ1v) is 10.8. The maximum atomic E-state index is 10.9. The third-order valence-electron chi connectivity index (χ3n) is 7.33. The minimum atomic E-state index is -1.21. The van der Waals surface area contributed by atoms with E-state index in [1.165, 1.54) is 12.8 Å². The van der Waals surface area contributed by atoms with E-state index in [1.54, 1.807) is 20.0 Å². The molecule has 0 saturated heterocycles. The number of rotatable bonds is 4. The quantitative estimate of drug-likeness (QED) is 0.522. The summed E-state index contributed by atoms with van der Waals surface area (Å²) in [5.41, 5.74) is 0.827. The van der Waals surface area contributed by atoms with Crippen LogP contribution >= 0.6 is 0 Å². The van der Waals surface area contributed by atoms with E-state index in [2.05, 4.69) is 25.4 Å². The molecule has 4 N–H and O–H groups in total. The Hall–Kier alpha value is -2.45. The second-order valence-corrected chi connectivity index (χ2v) is 10.1. The Morgan fingerprint density at radius 1 is 1.23 bits per heavy atom. The highest BCUT2D eigenvalue weighted by molar-refractivity contribution is 5.97. The van der Waals surface area contributed by atoms with Crippen LogP contribution in [0.3, 0.4) is 0 Å². The van der Waals surface area contributed by atoms with E-state index in [1.807, 2.05) is 12.3 Å². The highest BCUT2D eigenvalue weighted by Gasteiger charge is 2.54. The fourth-order valence-corrected chi connectivity index (χ4v) is 6.30. The Labute approximate surface area is 174 Å². The number of anilines is 1. The molecule has 0 spiro atoms. The number of H-pyrrole nitrogens is 1. The minimum Gasteiger partial charge on any atom is -0.390 e.